The van der Waals surface area contributed by atoms with E-state index in [0.717, 1.165) is 42.6 Å². The van der Waals surface area contributed by atoms with Crippen molar-refractivity contribution in [1.29, 1.82) is 0 Å². The fourth-order valence-corrected chi connectivity index (χ4v) is 3.52. The first-order valence-electron chi connectivity index (χ1n) is 8.41. The molecular formula is C19H35N. The molecule has 1 heteroatoms. The molecule has 1 rings (SSSR count). The molecule has 6 atom stereocenters. The van der Waals surface area contributed by atoms with Crippen LogP contribution in [-0.2, 0) is 0 Å². The van der Waals surface area contributed by atoms with Gasteiger partial charge >= 0.3 is 0 Å². The molecule has 0 N–H and O–H groups in total. The lowest BCUT2D eigenvalue weighted by molar-refractivity contribution is 0.139. The number of hydrogen-bond donors (Lipinski definition) is 0. The Morgan fingerprint density at radius 2 is 1.80 bits per heavy atom. The van der Waals surface area contributed by atoms with E-state index in [2.05, 4.69) is 71.4 Å². The zero-order valence-electron chi connectivity index (χ0n) is 14.5. The maximum atomic E-state index is 3.88. The second kappa shape index (κ2) is 8.02. The average Bonchev–Trinajstić information content (AvgIpc) is 2.43. The summed E-state index contributed by atoms with van der Waals surface area (Å²) in [5.41, 5.74) is 0. The summed E-state index contributed by atoms with van der Waals surface area (Å²) in [5, 5.41) is 0. The normalized spacial score (nSPS) is 33.1. The van der Waals surface area contributed by atoms with E-state index in [0.29, 0.717) is 6.04 Å². The Balaban J connectivity index is 2.67. The van der Waals surface area contributed by atoms with Crippen LogP contribution in [0.2, 0.25) is 0 Å². The molecule has 1 aliphatic carbocycles. The highest BCUT2D eigenvalue weighted by atomic mass is 15.1. The van der Waals surface area contributed by atoms with Crippen LogP contribution in [0.4, 0.5) is 0 Å². The quantitative estimate of drug-likeness (QED) is 0.592. The van der Waals surface area contributed by atoms with Crippen molar-refractivity contribution in [3.63, 3.8) is 0 Å². The third kappa shape index (κ3) is 4.22. The lowest BCUT2D eigenvalue weighted by Gasteiger charge is -2.41. The number of allylic oxidation sites excluding steroid dienone is 2. The van der Waals surface area contributed by atoms with Gasteiger partial charge < -0.3 is 0 Å². The molecule has 0 heterocycles. The van der Waals surface area contributed by atoms with Crippen molar-refractivity contribution in [3.05, 3.63) is 24.8 Å². The zero-order valence-corrected chi connectivity index (χ0v) is 14.5. The van der Waals surface area contributed by atoms with Gasteiger partial charge in [0.15, 0.2) is 0 Å². The molecule has 0 saturated heterocycles. The predicted octanol–water partition coefficient (Wildman–Crippen LogP) is 5.00. The number of nitrogens with zero attached hydrogens (tertiary/aromatic N) is 1. The van der Waals surface area contributed by atoms with Gasteiger partial charge in [-0.15, -0.1) is 6.58 Å². The molecule has 0 spiro atoms. The highest BCUT2D eigenvalue weighted by Gasteiger charge is 2.32. The number of rotatable bonds is 7. The molecule has 0 aromatic rings. The first kappa shape index (κ1) is 17.5. The summed E-state index contributed by atoms with van der Waals surface area (Å²) in [6, 6.07) is 0.618. The summed E-state index contributed by atoms with van der Waals surface area (Å²) in [6.07, 6.45) is 9.49. The lowest BCUT2D eigenvalue weighted by Crippen LogP contribution is -2.42. The Kier molecular flexibility index (Phi) is 7.02. The minimum atomic E-state index is 0.618. The van der Waals surface area contributed by atoms with Crippen LogP contribution in [0.1, 0.15) is 47.5 Å². The first-order valence-corrected chi connectivity index (χ1v) is 8.41. The Hall–Kier alpha value is -0.560. The van der Waals surface area contributed by atoms with Crippen molar-refractivity contribution < 1.29 is 0 Å². The summed E-state index contributed by atoms with van der Waals surface area (Å²) >= 11 is 0. The molecule has 0 amide bonds. The Bertz CT molecular complexity index is 320. The molecule has 116 valence electrons. The second-order valence-corrected chi connectivity index (χ2v) is 7.05. The highest BCUT2D eigenvalue weighted by Crippen LogP contribution is 2.37. The van der Waals surface area contributed by atoms with Crippen LogP contribution >= 0.6 is 0 Å². The van der Waals surface area contributed by atoms with E-state index in [4.69, 9.17) is 0 Å². The van der Waals surface area contributed by atoms with E-state index in [1.54, 1.807) is 0 Å². The van der Waals surface area contributed by atoms with Gasteiger partial charge in [-0.05, 0) is 56.0 Å². The van der Waals surface area contributed by atoms with Crippen LogP contribution in [0, 0.1) is 29.6 Å². The van der Waals surface area contributed by atoms with Crippen LogP contribution in [0.25, 0.3) is 0 Å². The Morgan fingerprint density at radius 1 is 1.15 bits per heavy atom. The van der Waals surface area contributed by atoms with E-state index >= 15 is 0 Å². The van der Waals surface area contributed by atoms with Crippen molar-refractivity contribution in [1.82, 2.24) is 4.90 Å². The predicted molar refractivity (Wildman–Crippen MR) is 90.8 cm³/mol. The molecule has 0 aromatic heterocycles. The van der Waals surface area contributed by atoms with Gasteiger partial charge in [0.05, 0.1) is 0 Å². The highest BCUT2D eigenvalue weighted by molar-refractivity contribution is 5.07. The summed E-state index contributed by atoms with van der Waals surface area (Å²) in [6.45, 7) is 16.9. The Labute approximate surface area is 127 Å². The minimum absolute atomic E-state index is 0.618. The molecule has 0 radical (unpaired) electrons. The molecule has 0 fully saturated rings. The maximum Gasteiger partial charge on any atom is 0.0303 e. The van der Waals surface area contributed by atoms with Crippen molar-refractivity contribution in [3.8, 4) is 0 Å². The summed E-state index contributed by atoms with van der Waals surface area (Å²) in [5.74, 6) is 3.79. The van der Waals surface area contributed by atoms with Gasteiger partial charge in [0.25, 0.3) is 0 Å². The largest absolute Gasteiger partial charge is 0.300 e. The van der Waals surface area contributed by atoms with Gasteiger partial charge in [0, 0.05) is 6.04 Å². The van der Waals surface area contributed by atoms with Crippen molar-refractivity contribution >= 4 is 0 Å². The van der Waals surface area contributed by atoms with E-state index in [1.807, 2.05) is 0 Å². The fourth-order valence-electron chi connectivity index (χ4n) is 3.52. The molecule has 0 aliphatic heterocycles. The van der Waals surface area contributed by atoms with Crippen molar-refractivity contribution in [2.45, 2.75) is 53.5 Å². The number of likely N-dealkylation sites (N-methyl/N-ethyl adjacent to an activating group) is 1. The molecule has 0 aromatic carbocycles. The average molecular weight is 277 g/mol. The van der Waals surface area contributed by atoms with Gasteiger partial charge in [-0.25, -0.2) is 0 Å². The molecule has 0 bridgehead atoms. The van der Waals surface area contributed by atoms with Crippen LogP contribution in [0.3, 0.4) is 0 Å². The van der Waals surface area contributed by atoms with Crippen LogP contribution in [0.15, 0.2) is 24.8 Å². The maximum absolute atomic E-state index is 3.88. The van der Waals surface area contributed by atoms with E-state index in [9.17, 15) is 0 Å². The molecule has 1 aliphatic rings. The molecule has 1 nitrogen and oxygen atoms in total. The molecule has 20 heavy (non-hydrogen) atoms. The topological polar surface area (TPSA) is 3.24 Å². The van der Waals surface area contributed by atoms with Crippen molar-refractivity contribution in [2.24, 2.45) is 29.6 Å². The smallest absolute Gasteiger partial charge is 0.0303 e. The van der Waals surface area contributed by atoms with Crippen LogP contribution in [-0.4, -0.2) is 24.5 Å². The monoisotopic (exact) mass is 277 g/mol. The zero-order chi connectivity index (χ0) is 15.3. The summed E-state index contributed by atoms with van der Waals surface area (Å²) in [7, 11) is 2.24. The second-order valence-electron chi connectivity index (χ2n) is 7.05. The van der Waals surface area contributed by atoms with E-state index < -0.39 is 0 Å². The lowest BCUT2D eigenvalue weighted by atomic mass is 9.70. The first-order chi connectivity index (χ1) is 9.42. The van der Waals surface area contributed by atoms with Gasteiger partial charge in [-0.3, -0.25) is 4.90 Å². The molecule has 0 saturated carbocycles. The van der Waals surface area contributed by atoms with Crippen LogP contribution in [0.5, 0.6) is 0 Å². The van der Waals surface area contributed by atoms with Crippen LogP contribution < -0.4 is 0 Å². The Morgan fingerprint density at radius 3 is 2.35 bits per heavy atom. The molecule has 6 unspecified atom stereocenters. The standard InChI is InChI=1S/C19H35N/c1-8-10-14(3)15(4)13-18-11-12-19(20(7)9-2)17(6)16(18)5/h8,11-12,14-19H,1,9-10,13H2,2-7H3. The van der Waals surface area contributed by atoms with Gasteiger partial charge in [0.1, 0.15) is 0 Å². The van der Waals surface area contributed by atoms with E-state index in [-0.39, 0.29) is 0 Å². The number of hydrogen-bond acceptors (Lipinski definition) is 1. The third-order valence-electron chi connectivity index (χ3n) is 5.76. The minimum Gasteiger partial charge on any atom is -0.300 e. The SMILES string of the molecule is C=CCC(C)C(C)CC1C=CC(N(C)CC)C(C)C1C. The van der Waals surface area contributed by atoms with Gasteiger partial charge in [0.2, 0.25) is 0 Å². The van der Waals surface area contributed by atoms with E-state index in [1.165, 1.54) is 6.42 Å². The third-order valence-corrected chi connectivity index (χ3v) is 5.76. The summed E-state index contributed by atoms with van der Waals surface area (Å²) < 4.78 is 0. The fraction of sp³-hybridized carbons (Fsp3) is 0.789. The van der Waals surface area contributed by atoms with Gasteiger partial charge in [-0.1, -0.05) is 52.8 Å². The molecular weight excluding hydrogens is 242 g/mol. The van der Waals surface area contributed by atoms with Gasteiger partial charge in [-0.2, -0.15) is 0 Å². The van der Waals surface area contributed by atoms with Crippen molar-refractivity contribution in [2.75, 3.05) is 13.6 Å². The summed E-state index contributed by atoms with van der Waals surface area (Å²) in [4.78, 5) is 2.47.